The third-order valence-electron chi connectivity index (χ3n) is 6.63. The molecule has 2 aromatic heterocycles. The summed E-state index contributed by atoms with van der Waals surface area (Å²) >= 11 is 0. The molecule has 0 amide bonds. The first kappa shape index (κ1) is 23.5. The van der Waals surface area contributed by atoms with E-state index in [1.807, 2.05) is 66.1 Å². The van der Waals surface area contributed by atoms with E-state index >= 15 is 0 Å². The van der Waals surface area contributed by atoms with E-state index in [1.165, 1.54) is 21.3 Å². The maximum atomic E-state index is 13.8. The Morgan fingerprint density at radius 1 is 0.833 bits per heavy atom. The molecular formula is C29H27FN4O2. The molecule has 0 N–H and O–H groups in total. The topological polar surface area (TPSA) is 61.8 Å². The van der Waals surface area contributed by atoms with E-state index < -0.39 is 11.2 Å². The lowest BCUT2D eigenvalue weighted by Gasteiger charge is -2.17. The number of imidazole rings is 1. The van der Waals surface area contributed by atoms with Gasteiger partial charge < -0.3 is 4.57 Å². The summed E-state index contributed by atoms with van der Waals surface area (Å²) in [6.07, 6.45) is 1.62. The van der Waals surface area contributed by atoms with Gasteiger partial charge in [0, 0.05) is 0 Å². The molecule has 7 heteroatoms. The third kappa shape index (κ3) is 4.17. The number of fused-ring (bicyclic) bond motifs is 1. The van der Waals surface area contributed by atoms with Gasteiger partial charge in [0.25, 0.3) is 5.56 Å². The summed E-state index contributed by atoms with van der Waals surface area (Å²) in [5.41, 5.74) is 3.15. The second-order valence-corrected chi connectivity index (χ2v) is 9.29. The maximum Gasteiger partial charge on any atom is 0.337 e. The van der Waals surface area contributed by atoms with Gasteiger partial charge in [0.1, 0.15) is 5.82 Å². The van der Waals surface area contributed by atoms with Crippen LogP contribution in [0.1, 0.15) is 49.4 Å². The lowest BCUT2D eigenvalue weighted by atomic mass is 10.0. The molecule has 0 saturated heterocycles. The average molecular weight is 483 g/mol. The van der Waals surface area contributed by atoms with Crippen molar-refractivity contribution in [2.24, 2.45) is 0 Å². The quantitative estimate of drug-likeness (QED) is 0.331. The summed E-state index contributed by atoms with van der Waals surface area (Å²) in [6.45, 7) is 6.22. The Bertz CT molecular complexity index is 1630. The lowest BCUT2D eigenvalue weighted by molar-refractivity contribution is 0.623. The van der Waals surface area contributed by atoms with Crippen molar-refractivity contribution in [3.05, 3.63) is 129 Å². The van der Waals surface area contributed by atoms with Crippen molar-refractivity contribution < 1.29 is 4.39 Å². The van der Waals surface area contributed by atoms with Crippen LogP contribution >= 0.6 is 0 Å². The van der Waals surface area contributed by atoms with Crippen LogP contribution in [0.15, 0.2) is 94.8 Å². The minimum Gasteiger partial charge on any atom is -0.317 e. The standard InChI is InChI=1S/C29H27FN4O2/c1-19(2)22-11-15-25(16-12-22)34-27-26(33(18-31-27)20(3)23-7-5-4-6-8-23)28(35)32(29(34)36)17-21-9-13-24(30)14-10-21/h4-16,18-20H,17H2,1-3H3/t20-/m1/s1. The molecule has 0 aliphatic rings. The monoisotopic (exact) mass is 482 g/mol. The first-order valence-electron chi connectivity index (χ1n) is 12.0. The van der Waals surface area contributed by atoms with Crippen molar-refractivity contribution in [2.75, 3.05) is 0 Å². The normalized spacial score (nSPS) is 12.4. The van der Waals surface area contributed by atoms with Gasteiger partial charge >= 0.3 is 5.69 Å². The molecule has 6 nitrogen and oxygen atoms in total. The first-order chi connectivity index (χ1) is 17.3. The van der Waals surface area contributed by atoms with Gasteiger partial charge in [0.05, 0.1) is 24.6 Å². The summed E-state index contributed by atoms with van der Waals surface area (Å²) in [5.74, 6) is -0.0342. The van der Waals surface area contributed by atoms with E-state index in [1.54, 1.807) is 18.5 Å². The minimum atomic E-state index is -0.494. The van der Waals surface area contributed by atoms with Gasteiger partial charge in [0.2, 0.25) is 0 Å². The molecule has 0 aliphatic heterocycles. The molecule has 0 fully saturated rings. The second kappa shape index (κ2) is 9.41. The average Bonchev–Trinajstić information content (AvgIpc) is 3.33. The largest absolute Gasteiger partial charge is 0.337 e. The van der Waals surface area contributed by atoms with Gasteiger partial charge in [-0.05, 0) is 53.8 Å². The fourth-order valence-electron chi connectivity index (χ4n) is 4.49. The fourth-order valence-corrected chi connectivity index (χ4v) is 4.49. The molecule has 5 aromatic rings. The van der Waals surface area contributed by atoms with Crippen LogP contribution in [0.25, 0.3) is 16.9 Å². The Morgan fingerprint density at radius 3 is 2.14 bits per heavy atom. The lowest BCUT2D eigenvalue weighted by Crippen LogP contribution is -2.40. The smallest absolute Gasteiger partial charge is 0.317 e. The molecule has 1 atom stereocenters. The van der Waals surface area contributed by atoms with Gasteiger partial charge in [-0.2, -0.15) is 0 Å². The first-order valence-corrected chi connectivity index (χ1v) is 12.0. The number of aromatic nitrogens is 4. The van der Waals surface area contributed by atoms with Crippen LogP contribution in [0.2, 0.25) is 0 Å². The van der Waals surface area contributed by atoms with Crippen LogP contribution in [-0.2, 0) is 6.54 Å². The number of benzene rings is 3. The highest BCUT2D eigenvalue weighted by Crippen LogP contribution is 2.23. The Balaban J connectivity index is 1.76. The van der Waals surface area contributed by atoms with Gasteiger partial charge in [-0.3, -0.25) is 9.36 Å². The predicted octanol–water partition coefficient (Wildman–Crippen LogP) is 5.27. The number of hydrogen-bond donors (Lipinski definition) is 0. The van der Waals surface area contributed by atoms with E-state index in [-0.39, 0.29) is 18.4 Å². The summed E-state index contributed by atoms with van der Waals surface area (Å²) in [6, 6.07) is 23.2. The molecule has 0 bridgehead atoms. The Morgan fingerprint density at radius 2 is 1.50 bits per heavy atom. The minimum absolute atomic E-state index is 0.0167. The molecule has 5 rings (SSSR count). The van der Waals surface area contributed by atoms with Crippen LogP contribution < -0.4 is 11.2 Å². The van der Waals surface area contributed by atoms with Crippen LogP contribution in [0.4, 0.5) is 4.39 Å². The molecule has 36 heavy (non-hydrogen) atoms. The zero-order chi connectivity index (χ0) is 25.4. The van der Waals surface area contributed by atoms with Crippen LogP contribution in [0.3, 0.4) is 0 Å². The highest BCUT2D eigenvalue weighted by molar-refractivity contribution is 5.73. The third-order valence-corrected chi connectivity index (χ3v) is 6.63. The molecule has 2 heterocycles. The van der Waals surface area contributed by atoms with Gasteiger partial charge in [-0.15, -0.1) is 0 Å². The van der Waals surface area contributed by atoms with Crippen LogP contribution in [-0.4, -0.2) is 18.7 Å². The van der Waals surface area contributed by atoms with E-state index in [2.05, 4.69) is 18.8 Å². The molecule has 0 radical (unpaired) electrons. The fraction of sp³-hybridized carbons (Fsp3) is 0.207. The number of rotatable bonds is 6. The maximum absolute atomic E-state index is 13.8. The van der Waals surface area contributed by atoms with Crippen molar-refractivity contribution in [1.82, 2.24) is 18.7 Å². The predicted molar refractivity (Wildman–Crippen MR) is 139 cm³/mol. The molecular weight excluding hydrogens is 455 g/mol. The van der Waals surface area contributed by atoms with E-state index in [4.69, 9.17) is 0 Å². The van der Waals surface area contributed by atoms with Crippen molar-refractivity contribution in [1.29, 1.82) is 0 Å². The van der Waals surface area contributed by atoms with Crippen molar-refractivity contribution in [2.45, 2.75) is 39.3 Å². The second-order valence-electron chi connectivity index (χ2n) is 9.29. The van der Waals surface area contributed by atoms with Gasteiger partial charge in [0.15, 0.2) is 11.2 Å². The Kier molecular flexibility index (Phi) is 6.14. The number of nitrogens with zero attached hydrogens (tertiary/aromatic N) is 4. The molecule has 182 valence electrons. The van der Waals surface area contributed by atoms with Crippen molar-refractivity contribution >= 4 is 11.2 Å². The van der Waals surface area contributed by atoms with E-state index in [0.29, 0.717) is 28.3 Å². The van der Waals surface area contributed by atoms with E-state index in [9.17, 15) is 14.0 Å². The summed E-state index contributed by atoms with van der Waals surface area (Å²) in [7, 11) is 0. The summed E-state index contributed by atoms with van der Waals surface area (Å²) < 4.78 is 18.0. The van der Waals surface area contributed by atoms with Crippen molar-refractivity contribution in [3.63, 3.8) is 0 Å². The molecule has 0 spiro atoms. The highest BCUT2D eigenvalue weighted by Gasteiger charge is 2.22. The van der Waals surface area contributed by atoms with Crippen molar-refractivity contribution in [3.8, 4) is 5.69 Å². The number of hydrogen-bond acceptors (Lipinski definition) is 3. The molecule has 0 unspecified atom stereocenters. The Hall–Kier alpha value is -4.26. The zero-order valence-electron chi connectivity index (χ0n) is 20.4. The highest BCUT2D eigenvalue weighted by atomic mass is 19.1. The molecule has 3 aromatic carbocycles. The van der Waals surface area contributed by atoms with E-state index in [0.717, 1.165) is 11.1 Å². The Labute approximate surface area is 207 Å². The number of halogens is 1. The van der Waals surface area contributed by atoms with Gasteiger partial charge in [-0.1, -0.05) is 68.4 Å². The summed E-state index contributed by atoms with van der Waals surface area (Å²) in [4.78, 5) is 32.1. The molecule has 0 aliphatic carbocycles. The SMILES string of the molecule is CC(C)c1ccc(-n2c(=O)n(Cc3ccc(F)cc3)c(=O)c3c2ncn3[C@H](C)c2ccccc2)cc1. The van der Waals surface area contributed by atoms with Crippen LogP contribution in [0.5, 0.6) is 0 Å². The molecule has 0 saturated carbocycles. The van der Waals surface area contributed by atoms with Crippen LogP contribution in [0, 0.1) is 5.82 Å². The zero-order valence-corrected chi connectivity index (χ0v) is 20.4. The van der Waals surface area contributed by atoms with Gasteiger partial charge in [-0.25, -0.2) is 18.7 Å². The summed E-state index contributed by atoms with van der Waals surface area (Å²) in [5, 5.41) is 0.